The summed E-state index contributed by atoms with van der Waals surface area (Å²) in [6.07, 6.45) is -7.89. The maximum Gasteiger partial charge on any atom is 0.339 e. The number of carbonyl (C=O) groups is 1. The van der Waals surface area contributed by atoms with Gasteiger partial charge in [-0.1, -0.05) is 0 Å². The van der Waals surface area contributed by atoms with Gasteiger partial charge in [-0.15, -0.1) is 0 Å². The second kappa shape index (κ2) is 10.7. The summed E-state index contributed by atoms with van der Waals surface area (Å²) in [5.74, 6) is -2.79. The van der Waals surface area contributed by atoms with Gasteiger partial charge in [0.15, 0.2) is 34.9 Å². The van der Waals surface area contributed by atoms with Crippen LogP contribution in [0.3, 0.4) is 0 Å². The summed E-state index contributed by atoms with van der Waals surface area (Å²) in [7, 11) is 4.17. The van der Waals surface area contributed by atoms with Crippen molar-refractivity contribution in [1.82, 2.24) is 0 Å². The number of hydrogen-bond acceptors (Lipinski definition) is 13. The zero-order valence-electron chi connectivity index (χ0n) is 18.9. The molecule has 5 atom stereocenters. The van der Waals surface area contributed by atoms with Gasteiger partial charge in [-0.3, -0.25) is 0 Å². The van der Waals surface area contributed by atoms with Crippen molar-refractivity contribution >= 4 is 5.97 Å². The minimum absolute atomic E-state index is 0.0748. The first-order chi connectivity index (χ1) is 16.6. The number of hydrogen-bond donors (Lipinski definition) is 6. The van der Waals surface area contributed by atoms with Crippen LogP contribution in [0.15, 0.2) is 24.3 Å². The lowest BCUT2D eigenvalue weighted by atomic mass is 9.99. The quantitative estimate of drug-likeness (QED) is 0.208. The first-order valence-electron chi connectivity index (χ1n) is 10.2. The second-order valence-electron chi connectivity index (χ2n) is 7.42. The Morgan fingerprint density at radius 3 is 1.97 bits per heavy atom. The topological polar surface area (TPSA) is 194 Å². The summed E-state index contributed by atoms with van der Waals surface area (Å²) in [5, 5.41) is 59.2. The number of ether oxygens (including phenoxy) is 6. The number of rotatable bonds is 8. The van der Waals surface area contributed by atoms with Crippen LogP contribution in [-0.4, -0.2) is 95.3 Å². The largest absolute Gasteiger partial charge is 0.504 e. The number of aromatic hydroxyl groups is 3. The van der Waals surface area contributed by atoms with Crippen molar-refractivity contribution in [3.63, 3.8) is 0 Å². The van der Waals surface area contributed by atoms with Gasteiger partial charge in [0.05, 0.1) is 33.5 Å². The zero-order valence-corrected chi connectivity index (χ0v) is 18.9. The molecule has 0 amide bonds. The molecule has 13 heteroatoms. The molecule has 3 rings (SSSR count). The van der Waals surface area contributed by atoms with Crippen molar-refractivity contribution < 1.29 is 63.9 Å². The highest BCUT2D eigenvalue weighted by atomic mass is 16.7. The maximum absolute atomic E-state index is 12.7. The summed E-state index contributed by atoms with van der Waals surface area (Å²) >= 11 is 0. The summed E-state index contributed by atoms with van der Waals surface area (Å²) in [5.41, 5.74) is -0.379. The first-order valence-corrected chi connectivity index (χ1v) is 10.2. The van der Waals surface area contributed by atoms with Gasteiger partial charge >= 0.3 is 5.97 Å². The molecule has 0 bridgehead atoms. The minimum Gasteiger partial charge on any atom is -0.504 e. The van der Waals surface area contributed by atoms with Gasteiger partial charge in [0.2, 0.25) is 12.0 Å². The van der Waals surface area contributed by atoms with E-state index in [1.165, 1.54) is 33.5 Å². The smallest absolute Gasteiger partial charge is 0.339 e. The highest BCUT2D eigenvalue weighted by molar-refractivity contribution is 5.91. The molecule has 0 aromatic heterocycles. The standard InChI is InChI=1S/C22H26O13/c1-30-13-6-10(7-14(31-2)19(13)32-3)33-22-20(18(28)17(27)15(8-23)34-22)35-21(29)9-4-11(24)16(26)12(25)5-9/h4-7,15,17-18,20,22-28H,8H2,1-3H3/t15-,17-,18+,20-,22-/m1/s1. The normalized spacial score (nSPS) is 23.9. The molecule has 6 N–H and O–H groups in total. The number of aliphatic hydroxyl groups is 3. The van der Waals surface area contributed by atoms with Crippen molar-refractivity contribution in [2.75, 3.05) is 27.9 Å². The van der Waals surface area contributed by atoms with Crippen molar-refractivity contribution in [2.45, 2.75) is 30.7 Å². The van der Waals surface area contributed by atoms with Crippen LogP contribution >= 0.6 is 0 Å². The van der Waals surface area contributed by atoms with Crippen molar-refractivity contribution in [1.29, 1.82) is 0 Å². The van der Waals surface area contributed by atoms with Gasteiger partial charge in [-0.05, 0) is 12.1 Å². The predicted octanol–water partition coefficient (Wildman–Crippen LogP) is -0.127. The molecule has 2 aromatic rings. The lowest BCUT2D eigenvalue weighted by Gasteiger charge is -2.41. The average Bonchev–Trinajstić information content (AvgIpc) is 2.85. The van der Waals surface area contributed by atoms with Gasteiger partial charge in [0, 0.05) is 12.1 Å². The van der Waals surface area contributed by atoms with Gasteiger partial charge in [-0.25, -0.2) is 4.79 Å². The van der Waals surface area contributed by atoms with E-state index in [0.717, 1.165) is 12.1 Å². The second-order valence-corrected chi connectivity index (χ2v) is 7.42. The number of carbonyl (C=O) groups excluding carboxylic acids is 1. The summed E-state index contributed by atoms with van der Waals surface area (Å²) in [6.45, 7) is -0.687. The number of methoxy groups -OCH3 is 3. The summed E-state index contributed by atoms with van der Waals surface area (Å²) < 4.78 is 32.3. The Hall–Kier alpha value is -3.65. The molecule has 1 aliphatic heterocycles. The molecule has 1 aliphatic rings. The zero-order chi connectivity index (χ0) is 25.9. The van der Waals surface area contributed by atoms with Crippen LogP contribution in [0, 0.1) is 0 Å². The van der Waals surface area contributed by atoms with Crippen molar-refractivity contribution in [3.8, 4) is 40.2 Å². The molecular formula is C22H26O13. The van der Waals surface area contributed by atoms with Gasteiger partial charge in [-0.2, -0.15) is 0 Å². The van der Waals surface area contributed by atoms with Gasteiger partial charge in [0.25, 0.3) is 0 Å². The molecule has 0 aliphatic carbocycles. The van der Waals surface area contributed by atoms with E-state index in [4.69, 9.17) is 28.4 Å². The number of aliphatic hydroxyl groups excluding tert-OH is 3. The third-order valence-corrected chi connectivity index (χ3v) is 5.26. The van der Waals surface area contributed by atoms with Crippen LogP contribution < -0.4 is 18.9 Å². The van der Waals surface area contributed by atoms with Crippen LogP contribution in [0.4, 0.5) is 0 Å². The van der Waals surface area contributed by atoms with E-state index in [-0.39, 0.29) is 28.6 Å². The fourth-order valence-corrected chi connectivity index (χ4v) is 3.45. The molecular weight excluding hydrogens is 472 g/mol. The van der Waals surface area contributed by atoms with E-state index >= 15 is 0 Å². The Labute approximate surface area is 199 Å². The SMILES string of the molecule is COc1cc(O[C@@H]2O[C@H](CO)[C@@H](O)[C@H](O)[C@H]2OC(=O)c2cc(O)c(O)c(O)c2)cc(OC)c1OC. The molecule has 1 heterocycles. The lowest BCUT2D eigenvalue weighted by molar-refractivity contribution is -0.276. The molecule has 13 nitrogen and oxygen atoms in total. The summed E-state index contributed by atoms with van der Waals surface area (Å²) in [6, 6.07) is 4.47. The van der Waals surface area contributed by atoms with Crippen LogP contribution in [0.2, 0.25) is 0 Å². The molecule has 0 spiro atoms. The van der Waals surface area contributed by atoms with Crippen LogP contribution in [0.1, 0.15) is 10.4 Å². The third kappa shape index (κ3) is 5.22. The Bertz CT molecular complexity index is 1010. The minimum atomic E-state index is -1.77. The van der Waals surface area contributed by atoms with E-state index in [1.807, 2.05) is 0 Å². The van der Waals surface area contributed by atoms with E-state index in [9.17, 15) is 35.4 Å². The maximum atomic E-state index is 12.7. The molecule has 0 unspecified atom stereocenters. The Kier molecular flexibility index (Phi) is 7.96. The molecule has 2 aromatic carbocycles. The monoisotopic (exact) mass is 498 g/mol. The molecule has 0 radical (unpaired) electrons. The van der Waals surface area contributed by atoms with Crippen LogP contribution in [0.25, 0.3) is 0 Å². The van der Waals surface area contributed by atoms with Crippen molar-refractivity contribution in [2.24, 2.45) is 0 Å². The van der Waals surface area contributed by atoms with Crippen LogP contribution in [0.5, 0.6) is 40.2 Å². The Morgan fingerprint density at radius 1 is 0.914 bits per heavy atom. The van der Waals surface area contributed by atoms with Crippen molar-refractivity contribution in [3.05, 3.63) is 29.8 Å². The van der Waals surface area contributed by atoms with E-state index in [2.05, 4.69) is 0 Å². The number of phenols is 3. The Balaban J connectivity index is 1.93. The number of benzene rings is 2. The summed E-state index contributed by atoms with van der Waals surface area (Å²) in [4.78, 5) is 12.7. The third-order valence-electron chi connectivity index (χ3n) is 5.26. The highest BCUT2D eigenvalue weighted by Crippen LogP contribution is 2.42. The fourth-order valence-electron chi connectivity index (χ4n) is 3.45. The number of phenolic OH excluding ortho intramolecular Hbond substituents is 3. The number of esters is 1. The van der Waals surface area contributed by atoms with Gasteiger partial charge < -0.3 is 59.1 Å². The Morgan fingerprint density at radius 2 is 1.49 bits per heavy atom. The van der Waals surface area contributed by atoms with Crippen LogP contribution in [-0.2, 0) is 9.47 Å². The van der Waals surface area contributed by atoms with Gasteiger partial charge in [0.1, 0.15) is 24.1 Å². The molecule has 35 heavy (non-hydrogen) atoms. The van der Waals surface area contributed by atoms with E-state index in [0.29, 0.717) is 0 Å². The molecule has 1 saturated heterocycles. The average molecular weight is 498 g/mol. The molecule has 0 saturated carbocycles. The molecule has 192 valence electrons. The molecule has 1 fully saturated rings. The fraction of sp³-hybridized carbons (Fsp3) is 0.409. The van der Waals surface area contributed by atoms with E-state index < -0.39 is 60.5 Å². The van der Waals surface area contributed by atoms with E-state index in [1.54, 1.807) is 0 Å². The highest BCUT2D eigenvalue weighted by Gasteiger charge is 2.48. The first kappa shape index (κ1) is 26.0. The predicted molar refractivity (Wildman–Crippen MR) is 115 cm³/mol. The lowest BCUT2D eigenvalue weighted by Crippen LogP contribution is -2.61.